The van der Waals surface area contributed by atoms with Gasteiger partial charge in [-0.25, -0.2) is 4.79 Å². The highest BCUT2D eigenvalue weighted by molar-refractivity contribution is 8.00. The third kappa shape index (κ3) is 4.23. The molecule has 0 aliphatic carbocycles. The van der Waals surface area contributed by atoms with Crippen LogP contribution >= 0.6 is 11.8 Å². The normalized spacial score (nSPS) is 23.4. The summed E-state index contributed by atoms with van der Waals surface area (Å²) in [6, 6.07) is 8.68. The number of hydrogen-bond donors (Lipinski definition) is 2. The van der Waals surface area contributed by atoms with E-state index in [2.05, 4.69) is 5.32 Å². The number of β-lactam (4-membered cyclic amide) rings is 1. The molecule has 2 heterocycles. The molecule has 1 unspecified atom stereocenters. The Morgan fingerprint density at radius 1 is 1.32 bits per heavy atom. The summed E-state index contributed by atoms with van der Waals surface area (Å²) in [7, 11) is 1.26. The Labute approximate surface area is 182 Å². The number of rotatable bonds is 8. The van der Waals surface area contributed by atoms with Gasteiger partial charge < -0.3 is 24.6 Å². The van der Waals surface area contributed by atoms with E-state index in [0.717, 1.165) is 4.90 Å². The van der Waals surface area contributed by atoms with Gasteiger partial charge in [0.1, 0.15) is 22.9 Å². The summed E-state index contributed by atoms with van der Waals surface area (Å²) in [5.74, 6) is -2.58. The Hall–Kier alpha value is -3.05. The summed E-state index contributed by atoms with van der Waals surface area (Å²) in [5.41, 5.74) is -1.70. The van der Waals surface area contributed by atoms with Crippen molar-refractivity contribution in [3.8, 4) is 5.75 Å². The number of nitrogens with zero attached hydrogens (tertiary/aromatic N) is 1. The lowest BCUT2D eigenvalue weighted by Crippen LogP contribution is -2.81. The van der Waals surface area contributed by atoms with Gasteiger partial charge >= 0.3 is 11.9 Å². The SMILES string of the molecule is CO[C@@]1(NC(=O)COc2ccccc2)C(=O)N2C(C(=O)O)=C(C(C)OC(C)=O)CS[C@H]21. The van der Waals surface area contributed by atoms with Crippen LogP contribution in [0.3, 0.4) is 0 Å². The first kappa shape index (κ1) is 22.6. The maximum atomic E-state index is 13.0. The van der Waals surface area contributed by atoms with Crippen LogP contribution in [0.2, 0.25) is 0 Å². The summed E-state index contributed by atoms with van der Waals surface area (Å²) in [6.45, 7) is 2.40. The van der Waals surface area contributed by atoms with E-state index in [-0.39, 0.29) is 18.1 Å². The number of amides is 2. The molecule has 31 heavy (non-hydrogen) atoms. The van der Waals surface area contributed by atoms with Gasteiger partial charge in [-0.2, -0.15) is 0 Å². The second-order valence-electron chi connectivity index (χ2n) is 6.86. The lowest BCUT2D eigenvalue weighted by Gasteiger charge is -2.56. The van der Waals surface area contributed by atoms with E-state index in [1.165, 1.54) is 32.7 Å². The topological polar surface area (TPSA) is 131 Å². The number of aliphatic carboxylic acids is 1. The molecule has 3 atom stereocenters. The van der Waals surface area contributed by atoms with Crippen molar-refractivity contribution in [1.29, 1.82) is 0 Å². The van der Waals surface area contributed by atoms with Gasteiger partial charge in [0, 0.05) is 25.4 Å². The van der Waals surface area contributed by atoms with Crippen molar-refractivity contribution in [2.45, 2.75) is 31.1 Å². The Morgan fingerprint density at radius 2 is 2.00 bits per heavy atom. The van der Waals surface area contributed by atoms with Gasteiger partial charge in [0.05, 0.1) is 0 Å². The number of para-hydroxylation sites is 1. The number of hydrogen-bond acceptors (Lipinski definition) is 8. The third-order valence-corrected chi connectivity index (χ3v) is 6.19. The zero-order valence-corrected chi connectivity index (χ0v) is 17.9. The summed E-state index contributed by atoms with van der Waals surface area (Å²) in [5, 5.41) is 11.5. The molecular weight excluding hydrogens is 428 g/mol. The number of carbonyl (C=O) groups is 4. The minimum absolute atomic E-state index is 0.173. The molecule has 1 fully saturated rings. The highest BCUT2D eigenvalue weighted by atomic mass is 32.2. The van der Waals surface area contributed by atoms with E-state index in [4.69, 9.17) is 14.2 Å². The van der Waals surface area contributed by atoms with E-state index in [1.807, 2.05) is 0 Å². The van der Waals surface area contributed by atoms with Gasteiger partial charge in [-0.3, -0.25) is 19.3 Å². The van der Waals surface area contributed by atoms with Gasteiger partial charge in [-0.05, 0) is 19.1 Å². The van der Waals surface area contributed by atoms with Crippen LogP contribution in [0, 0.1) is 0 Å². The molecule has 2 N–H and O–H groups in total. The summed E-state index contributed by atoms with van der Waals surface area (Å²) < 4.78 is 15.9. The number of carboxylic acid groups (broad SMARTS) is 1. The molecule has 0 radical (unpaired) electrons. The summed E-state index contributed by atoms with van der Waals surface area (Å²) in [6.07, 6.45) is -0.823. The van der Waals surface area contributed by atoms with Crippen molar-refractivity contribution < 1.29 is 38.5 Å². The van der Waals surface area contributed by atoms with Crippen molar-refractivity contribution in [2.75, 3.05) is 19.5 Å². The Morgan fingerprint density at radius 3 is 2.58 bits per heavy atom. The van der Waals surface area contributed by atoms with Crippen molar-refractivity contribution in [3.63, 3.8) is 0 Å². The predicted octanol–water partition coefficient (Wildman–Crippen LogP) is 0.730. The van der Waals surface area contributed by atoms with Gasteiger partial charge in [-0.1, -0.05) is 18.2 Å². The quantitative estimate of drug-likeness (QED) is 0.334. The van der Waals surface area contributed by atoms with E-state index in [0.29, 0.717) is 11.3 Å². The number of nitrogens with one attached hydrogen (secondary N) is 1. The molecular formula is C20H22N2O8S. The number of fused-ring (bicyclic) bond motifs is 1. The van der Waals surface area contributed by atoms with E-state index < -0.39 is 41.0 Å². The lowest BCUT2D eigenvalue weighted by molar-refractivity contribution is -0.193. The number of benzene rings is 1. The molecule has 2 amide bonds. The number of carbonyl (C=O) groups excluding carboxylic acids is 3. The standard InChI is InChI=1S/C20H22N2O8S/c1-11(30-12(2)23)14-10-31-19-20(28-3,18(27)22(19)16(14)17(25)26)21-15(24)9-29-13-7-5-4-6-8-13/h4-8,11,19H,9-10H2,1-3H3,(H,21,24)(H,25,26)/t11?,19-,20-/m0/s1. The first-order chi connectivity index (χ1) is 14.7. The van der Waals surface area contributed by atoms with Gasteiger partial charge in [0.15, 0.2) is 6.61 Å². The fraction of sp³-hybridized carbons (Fsp3) is 0.400. The Kier molecular flexibility index (Phi) is 6.56. The van der Waals surface area contributed by atoms with Crippen molar-refractivity contribution in [1.82, 2.24) is 10.2 Å². The average molecular weight is 450 g/mol. The van der Waals surface area contributed by atoms with Crippen LogP contribution in [0.25, 0.3) is 0 Å². The largest absolute Gasteiger partial charge is 0.484 e. The van der Waals surface area contributed by atoms with Crippen LogP contribution in [0.4, 0.5) is 0 Å². The number of methoxy groups -OCH3 is 1. The number of ether oxygens (including phenoxy) is 3. The maximum absolute atomic E-state index is 13.0. The van der Waals surface area contributed by atoms with Crippen molar-refractivity contribution in [3.05, 3.63) is 41.6 Å². The number of esters is 1. The molecule has 166 valence electrons. The molecule has 0 aromatic heterocycles. The highest BCUT2D eigenvalue weighted by Crippen LogP contribution is 2.47. The first-order valence-corrected chi connectivity index (χ1v) is 10.4. The first-order valence-electron chi connectivity index (χ1n) is 9.34. The van der Waals surface area contributed by atoms with Crippen LogP contribution in [0.5, 0.6) is 5.75 Å². The van der Waals surface area contributed by atoms with Gasteiger partial charge in [-0.15, -0.1) is 11.8 Å². The molecule has 2 aliphatic rings. The molecule has 0 bridgehead atoms. The van der Waals surface area contributed by atoms with E-state index in [9.17, 15) is 24.3 Å². The molecule has 3 rings (SSSR count). The van der Waals surface area contributed by atoms with E-state index in [1.54, 1.807) is 30.3 Å². The van der Waals surface area contributed by atoms with Gasteiger partial charge in [0.25, 0.3) is 17.5 Å². The van der Waals surface area contributed by atoms with Crippen molar-refractivity contribution in [2.24, 2.45) is 0 Å². The minimum Gasteiger partial charge on any atom is -0.484 e. The van der Waals surface area contributed by atoms with Crippen LogP contribution in [-0.4, -0.2) is 70.4 Å². The van der Waals surface area contributed by atoms with Gasteiger partial charge in [0.2, 0.25) is 0 Å². The van der Waals surface area contributed by atoms with Crippen LogP contribution in [-0.2, 0) is 28.7 Å². The van der Waals surface area contributed by atoms with Crippen molar-refractivity contribution >= 4 is 35.5 Å². The van der Waals surface area contributed by atoms with Crippen LogP contribution < -0.4 is 10.1 Å². The molecule has 0 spiro atoms. The smallest absolute Gasteiger partial charge is 0.352 e. The second-order valence-corrected chi connectivity index (χ2v) is 7.93. The third-order valence-electron chi connectivity index (χ3n) is 4.86. The van der Waals surface area contributed by atoms with Crippen LogP contribution in [0.1, 0.15) is 13.8 Å². The fourth-order valence-electron chi connectivity index (χ4n) is 3.44. The molecule has 2 aliphatic heterocycles. The van der Waals surface area contributed by atoms with E-state index >= 15 is 0 Å². The molecule has 1 saturated heterocycles. The zero-order chi connectivity index (χ0) is 22.8. The molecule has 1 aromatic carbocycles. The average Bonchev–Trinajstić information content (AvgIpc) is 2.74. The Bertz CT molecular complexity index is 934. The fourth-order valence-corrected chi connectivity index (χ4v) is 4.99. The molecule has 10 nitrogen and oxygen atoms in total. The lowest BCUT2D eigenvalue weighted by atomic mass is 9.97. The summed E-state index contributed by atoms with van der Waals surface area (Å²) >= 11 is 1.20. The summed E-state index contributed by atoms with van der Waals surface area (Å²) in [4.78, 5) is 49.7. The minimum atomic E-state index is -1.72. The molecule has 1 aromatic rings. The monoisotopic (exact) mass is 450 g/mol. The molecule has 0 saturated carbocycles. The highest BCUT2D eigenvalue weighted by Gasteiger charge is 2.66. The maximum Gasteiger partial charge on any atom is 0.352 e. The molecule has 11 heteroatoms. The predicted molar refractivity (Wildman–Crippen MR) is 109 cm³/mol. The Balaban J connectivity index is 1.78. The number of carboxylic acids is 1. The second kappa shape index (κ2) is 8.98. The zero-order valence-electron chi connectivity index (χ0n) is 17.1. The van der Waals surface area contributed by atoms with Crippen LogP contribution in [0.15, 0.2) is 41.6 Å². The number of thioether (sulfide) groups is 1.